The van der Waals surface area contributed by atoms with E-state index < -0.39 is 27.1 Å². The number of alkyl halides is 3. The van der Waals surface area contributed by atoms with Gasteiger partial charge in [-0.2, -0.15) is 21.6 Å². The Bertz CT molecular complexity index is 1900. The van der Waals surface area contributed by atoms with E-state index in [-0.39, 0.29) is 28.8 Å². The molecule has 0 saturated heterocycles. The van der Waals surface area contributed by atoms with Crippen molar-refractivity contribution in [3.8, 4) is 11.5 Å². The van der Waals surface area contributed by atoms with Gasteiger partial charge < -0.3 is 14.2 Å². The summed E-state index contributed by atoms with van der Waals surface area (Å²) in [6.45, 7) is 12.8. The van der Waals surface area contributed by atoms with Gasteiger partial charge in [0.2, 0.25) is 0 Å². The molecule has 5 aliphatic rings. The number of ether oxygens (including phenoxy) is 3. The summed E-state index contributed by atoms with van der Waals surface area (Å²) in [5.74, 6) is 1.93. The van der Waals surface area contributed by atoms with Crippen LogP contribution in [0.3, 0.4) is 0 Å². The molecular formula is C45H61F3O8S. The summed E-state index contributed by atoms with van der Waals surface area (Å²) in [6, 6.07) is 12.7. The van der Waals surface area contributed by atoms with Crippen LogP contribution in [0, 0.1) is 16.2 Å². The molecule has 2 saturated carbocycles. The first-order chi connectivity index (χ1) is 26.6. The number of allylic oxidation sites excluding steroid dienone is 2. The average Bonchev–Trinajstić information content (AvgIpc) is 3.74. The Labute approximate surface area is 337 Å². The van der Waals surface area contributed by atoms with E-state index in [4.69, 9.17) is 14.2 Å². The number of carbonyl (C=O) groups excluding carboxylic acids is 2. The highest BCUT2D eigenvalue weighted by Gasteiger charge is 2.50. The van der Waals surface area contributed by atoms with Gasteiger partial charge in [0.15, 0.2) is 0 Å². The lowest BCUT2D eigenvalue weighted by molar-refractivity contribution is -0.141. The van der Waals surface area contributed by atoms with E-state index >= 15 is 0 Å². The highest BCUT2D eigenvalue weighted by molar-refractivity contribution is 7.87. The van der Waals surface area contributed by atoms with Crippen LogP contribution in [0.15, 0.2) is 42.5 Å². The maximum absolute atomic E-state index is 12.1. The Kier molecular flexibility index (Phi) is 14.0. The van der Waals surface area contributed by atoms with E-state index in [0.29, 0.717) is 38.1 Å². The second kappa shape index (κ2) is 17.9. The van der Waals surface area contributed by atoms with Crippen molar-refractivity contribution in [3.63, 3.8) is 0 Å². The first-order valence-electron chi connectivity index (χ1n) is 20.5. The molecule has 1 aliphatic heterocycles. The Morgan fingerprint density at radius 2 is 1.60 bits per heavy atom. The van der Waals surface area contributed by atoms with Gasteiger partial charge in [-0.3, -0.25) is 13.8 Å². The number of halogens is 3. The normalized spacial score (nSPS) is 24.6. The van der Waals surface area contributed by atoms with Crippen LogP contribution in [0.1, 0.15) is 159 Å². The van der Waals surface area contributed by atoms with Crippen molar-refractivity contribution in [2.75, 3.05) is 13.7 Å². The van der Waals surface area contributed by atoms with Crippen molar-refractivity contribution in [2.45, 2.75) is 155 Å². The average molecular weight is 819 g/mol. The molecule has 1 heterocycles. The van der Waals surface area contributed by atoms with Crippen molar-refractivity contribution < 1.29 is 49.6 Å². The van der Waals surface area contributed by atoms with Gasteiger partial charge >= 0.3 is 21.6 Å². The van der Waals surface area contributed by atoms with Gasteiger partial charge in [-0.05, 0) is 96.9 Å². The number of carbonyl (C=O) groups is 2. The summed E-state index contributed by atoms with van der Waals surface area (Å²) < 4.78 is 79.6. The predicted octanol–water partition coefficient (Wildman–Crippen LogP) is 11.4. The van der Waals surface area contributed by atoms with Crippen LogP contribution < -0.4 is 9.47 Å². The molecule has 3 atom stereocenters. The molecule has 2 fully saturated rings. The smallest absolute Gasteiger partial charge is 0.492 e. The maximum atomic E-state index is 12.1. The molecule has 0 radical (unpaired) electrons. The number of Topliss-reactive ketones (excluding diaryl/α,β-unsaturated/α-hetero) is 1. The monoisotopic (exact) mass is 818 g/mol. The van der Waals surface area contributed by atoms with E-state index in [9.17, 15) is 31.2 Å². The Morgan fingerprint density at radius 3 is 2.23 bits per heavy atom. The van der Waals surface area contributed by atoms with E-state index in [0.717, 1.165) is 55.6 Å². The lowest BCUT2D eigenvalue weighted by atomic mass is 9.72. The molecule has 57 heavy (non-hydrogen) atoms. The molecule has 0 bridgehead atoms. The zero-order chi connectivity index (χ0) is 41.8. The molecule has 1 unspecified atom stereocenters. The molecule has 0 spiro atoms. The minimum Gasteiger partial charge on any atom is -0.492 e. The van der Waals surface area contributed by atoms with Crippen LogP contribution in [0.5, 0.6) is 11.5 Å². The van der Waals surface area contributed by atoms with Gasteiger partial charge in [0.25, 0.3) is 0 Å². The molecule has 0 amide bonds. The van der Waals surface area contributed by atoms with Gasteiger partial charge in [0.05, 0.1) is 26.2 Å². The highest BCUT2D eigenvalue weighted by atomic mass is 32.2. The van der Waals surface area contributed by atoms with Crippen LogP contribution in [-0.4, -0.2) is 45.5 Å². The summed E-state index contributed by atoms with van der Waals surface area (Å²) >= 11 is 0. The van der Waals surface area contributed by atoms with E-state index in [1.54, 1.807) is 13.8 Å². The van der Waals surface area contributed by atoms with Crippen molar-refractivity contribution in [2.24, 2.45) is 16.2 Å². The van der Waals surface area contributed by atoms with Gasteiger partial charge in [0.1, 0.15) is 23.4 Å². The zero-order valence-electron chi connectivity index (χ0n) is 34.7. The fourth-order valence-corrected chi connectivity index (χ4v) is 9.56. The largest absolute Gasteiger partial charge is 0.523 e. The van der Waals surface area contributed by atoms with Gasteiger partial charge in [-0.15, -0.1) is 0 Å². The Morgan fingerprint density at radius 1 is 0.877 bits per heavy atom. The maximum Gasteiger partial charge on any atom is 0.523 e. The molecule has 4 aliphatic carbocycles. The molecule has 2 aromatic rings. The molecule has 8 nitrogen and oxygen atoms in total. The number of benzene rings is 2. The van der Waals surface area contributed by atoms with Crippen LogP contribution in [0.2, 0.25) is 0 Å². The van der Waals surface area contributed by atoms with E-state index in [2.05, 4.69) is 56.2 Å². The number of hydrogen-bond donors (Lipinski definition) is 0. The number of methoxy groups -OCH3 is 1. The van der Waals surface area contributed by atoms with Crippen LogP contribution in [-0.2, 0) is 35.0 Å². The molecule has 316 valence electrons. The number of ketones is 1. The summed E-state index contributed by atoms with van der Waals surface area (Å²) in [5.41, 5.74) is 1.11. The summed E-state index contributed by atoms with van der Waals surface area (Å²) in [4.78, 5) is 22.8. The lowest BCUT2D eigenvalue weighted by Gasteiger charge is -2.37. The fraction of sp³-hybridized carbons (Fsp3) is 0.644. The fourth-order valence-electron chi connectivity index (χ4n) is 8.79. The first-order valence-corrected chi connectivity index (χ1v) is 21.9. The number of fused-ring (bicyclic) bond motifs is 2. The van der Waals surface area contributed by atoms with E-state index in [1.165, 1.54) is 55.1 Å². The third-order valence-electron chi connectivity index (χ3n) is 12.5. The topological polar surface area (TPSA) is 105 Å². The van der Waals surface area contributed by atoms with Gasteiger partial charge in [0, 0.05) is 29.4 Å². The number of rotatable bonds is 7. The van der Waals surface area contributed by atoms with Crippen molar-refractivity contribution >= 4 is 27.4 Å². The SMILES string of the molecule is CC1(C)CCCCC1=O.CC1(C)CCCCC1OS(=O)(=O)C(F)(F)F.COC(=O)C[C@@H]1COc2cc(O[C@@H]3CCc4c(C5=CCCCC5(C)C)cccc43)ccc21. The van der Waals surface area contributed by atoms with Crippen molar-refractivity contribution in [3.05, 3.63) is 64.7 Å². The molecule has 2 aromatic carbocycles. The molecule has 0 aromatic heterocycles. The zero-order valence-corrected chi connectivity index (χ0v) is 35.5. The van der Waals surface area contributed by atoms with Gasteiger partial charge in [-0.25, -0.2) is 0 Å². The molecule has 7 rings (SSSR count). The molecular weight excluding hydrogens is 758 g/mol. The van der Waals surface area contributed by atoms with Gasteiger partial charge in [-0.1, -0.05) is 91.1 Å². The summed E-state index contributed by atoms with van der Waals surface area (Å²) in [5, 5.41) is 0. The van der Waals surface area contributed by atoms with Crippen LogP contribution >= 0.6 is 0 Å². The van der Waals surface area contributed by atoms with E-state index in [1.807, 2.05) is 18.2 Å². The molecule has 12 heteroatoms. The van der Waals surface area contributed by atoms with Crippen molar-refractivity contribution in [1.82, 2.24) is 0 Å². The summed E-state index contributed by atoms with van der Waals surface area (Å²) in [7, 11) is -4.05. The third-order valence-corrected chi connectivity index (χ3v) is 13.6. The second-order valence-corrected chi connectivity index (χ2v) is 19.7. The minimum absolute atomic E-state index is 0.00174. The Balaban J connectivity index is 0.000000205. The third kappa shape index (κ3) is 10.8. The highest BCUT2D eigenvalue weighted by Crippen LogP contribution is 2.48. The lowest BCUT2D eigenvalue weighted by Crippen LogP contribution is -2.40. The first kappa shape index (κ1) is 44.7. The number of esters is 1. The van der Waals surface area contributed by atoms with Crippen LogP contribution in [0.4, 0.5) is 13.2 Å². The standard InChI is InChI=1S/C28H32O4.C9H15F3O3S.C8H14O/c1-28(2)14-5-4-9-24(28)22-7-6-8-23-21(22)12-13-25(23)32-19-10-11-20-18(15-27(29)30-3)17-31-26(20)16-19;1-8(2)6-4-3-5-7(8)15-16(13,14)9(10,11)12;1-8(2)6-4-3-5-7(8)9/h6-11,16,18,25H,4-5,12-15,17H2,1-3H3;7H,3-6H2,1-2H3;3-6H2,1-2H3/t18-,25-;;/m1../s1. The van der Waals surface area contributed by atoms with Crippen molar-refractivity contribution in [1.29, 1.82) is 0 Å². The minimum atomic E-state index is -5.47. The number of hydrogen-bond acceptors (Lipinski definition) is 8. The predicted molar refractivity (Wildman–Crippen MR) is 214 cm³/mol. The second-order valence-electron chi connectivity index (χ2n) is 18.1. The van der Waals surface area contributed by atoms with Crippen LogP contribution in [0.25, 0.3) is 5.57 Å². The quantitative estimate of drug-likeness (QED) is 0.154. The molecule has 0 N–H and O–H groups in total. The Hall–Kier alpha value is -3.38. The summed E-state index contributed by atoms with van der Waals surface area (Å²) in [6.07, 6.45) is 14.6.